The number of carboxylic acid groups (broad SMARTS) is 1. The summed E-state index contributed by atoms with van der Waals surface area (Å²) in [4.78, 5) is 21.3. The minimum Gasteiger partial charge on any atom is -0.480 e. The van der Waals surface area contributed by atoms with Gasteiger partial charge in [-0.05, 0) is 12.8 Å². The van der Waals surface area contributed by atoms with Crippen LogP contribution in [0.2, 0.25) is 0 Å². The molecule has 0 radical (unpaired) electrons. The molecule has 1 amide bonds. The second-order valence-electron chi connectivity index (χ2n) is 3.45. The zero-order chi connectivity index (χ0) is 11.7. The van der Waals surface area contributed by atoms with Crippen LogP contribution in [0.1, 0.15) is 33.1 Å². The van der Waals surface area contributed by atoms with Crippen molar-refractivity contribution in [1.29, 1.82) is 0 Å². The van der Waals surface area contributed by atoms with Crippen LogP contribution in [0.15, 0.2) is 0 Å². The smallest absolute Gasteiger partial charge is 0.322 e. The first-order valence-electron chi connectivity index (χ1n) is 5.32. The Kier molecular flexibility index (Phi) is 7.62. The maximum atomic E-state index is 11.1. The molecular formula is C10H20N2O3. The van der Waals surface area contributed by atoms with E-state index in [1.165, 1.54) is 0 Å². The quantitative estimate of drug-likeness (QED) is 0.547. The molecule has 1 atom stereocenters. The molecule has 88 valence electrons. The minimum atomic E-state index is -1.02. The van der Waals surface area contributed by atoms with Crippen molar-refractivity contribution in [3.05, 3.63) is 0 Å². The topological polar surface area (TPSA) is 78.4 Å². The van der Waals surface area contributed by atoms with Crippen LogP contribution in [0.5, 0.6) is 0 Å². The number of rotatable bonds is 8. The highest BCUT2D eigenvalue weighted by Gasteiger charge is 2.07. The average Bonchev–Trinajstić information content (AvgIpc) is 2.21. The summed E-state index contributed by atoms with van der Waals surface area (Å²) < 4.78 is 0. The predicted octanol–water partition coefficient (Wildman–Crippen LogP) is 0.356. The highest BCUT2D eigenvalue weighted by Crippen LogP contribution is 1.99. The second-order valence-corrected chi connectivity index (χ2v) is 3.45. The lowest BCUT2D eigenvalue weighted by Gasteiger charge is -2.15. The predicted molar refractivity (Wildman–Crippen MR) is 57.6 cm³/mol. The molecule has 3 N–H and O–H groups in total. The number of amides is 1. The summed E-state index contributed by atoms with van der Waals surface area (Å²) in [5.41, 5.74) is 0. The van der Waals surface area contributed by atoms with Gasteiger partial charge in [0.25, 0.3) is 0 Å². The molecule has 5 heteroatoms. The van der Waals surface area contributed by atoms with E-state index < -0.39 is 5.97 Å². The van der Waals surface area contributed by atoms with Crippen molar-refractivity contribution in [2.75, 3.05) is 13.1 Å². The Hall–Kier alpha value is -1.10. The van der Waals surface area contributed by atoms with E-state index >= 15 is 0 Å². The molecular weight excluding hydrogens is 196 g/mol. The molecule has 15 heavy (non-hydrogen) atoms. The summed E-state index contributed by atoms with van der Waals surface area (Å²) in [5, 5.41) is 13.7. The van der Waals surface area contributed by atoms with Gasteiger partial charge in [-0.2, -0.15) is 0 Å². The molecule has 0 rings (SSSR count). The lowest BCUT2D eigenvalue weighted by Crippen LogP contribution is -2.40. The SMILES string of the molecule is CCCC(CC)NCC(=O)NCC(=O)O. The Balaban J connectivity index is 3.63. The molecule has 0 aliphatic heterocycles. The minimum absolute atomic E-state index is 0.186. The number of hydrogen-bond donors (Lipinski definition) is 3. The standard InChI is InChI=1S/C10H20N2O3/c1-3-5-8(4-2)11-6-9(13)12-7-10(14)15/h8,11H,3-7H2,1-2H3,(H,12,13)(H,14,15). The summed E-state index contributed by atoms with van der Waals surface area (Å²) in [6, 6.07) is 0.338. The van der Waals surface area contributed by atoms with Crippen molar-refractivity contribution in [3.63, 3.8) is 0 Å². The number of aliphatic carboxylic acids is 1. The normalized spacial score (nSPS) is 12.1. The van der Waals surface area contributed by atoms with Gasteiger partial charge in [-0.3, -0.25) is 9.59 Å². The largest absolute Gasteiger partial charge is 0.480 e. The van der Waals surface area contributed by atoms with E-state index in [1.54, 1.807) is 0 Å². The van der Waals surface area contributed by atoms with Crippen LogP contribution < -0.4 is 10.6 Å². The van der Waals surface area contributed by atoms with E-state index in [0.29, 0.717) is 6.04 Å². The van der Waals surface area contributed by atoms with Crippen molar-refractivity contribution in [3.8, 4) is 0 Å². The van der Waals surface area contributed by atoms with Gasteiger partial charge in [-0.25, -0.2) is 0 Å². The Morgan fingerprint density at radius 3 is 2.40 bits per heavy atom. The number of carbonyl (C=O) groups is 2. The first kappa shape index (κ1) is 13.9. The van der Waals surface area contributed by atoms with Crippen LogP contribution in [-0.4, -0.2) is 36.1 Å². The highest BCUT2D eigenvalue weighted by molar-refractivity contribution is 5.82. The van der Waals surface area contributed by atoms with E-state index in [4.69, 9.17) is 5.11 Å². The Bertz CT molecular complexity index is 207. The Morgan fingerprint density at radius 1 is 1.27 bits per heavy atom. The third kappa shape index (κ3) is 7.93. The van der Waals surface area contributed by atoms with Crippen LogP contribution in [0.25, 0.3) is 0 Å². The zero-order valence-electron chi connectivity index (χ0n) is 9.38. The number of carbonyl (C=O) groups excluding carboxylic acids is 1. The van der Waals surface area contributed by atoms with Crippen molar-refractivity contribution in [1.82, 2.24) is 10.6 Å². The highest BCUT2D eigenvalue weighted by atomic mass is 16.4. The summed E-state index contributed by atoms with van der Waals surface area (Å²) in [6.45, 7) is 4.02. The maximum absolute atomic E-state index is 11.1. The van der Waals surface area contributed by atoms with E-state index in [2.05, 4.69) is 24.5 Å². The van der Waals surface area contributed by atoms with Crippen LogP contribution in [0.4, 0.5) is 0 Å². The molecule has 0 bridgehead atoms. The molecule has 0 heterocycles. The van der Waals surface area contributed by atoms with Gasteiger partial charge in [-0.15, -0.1) is 0 Å². The second kappa shape index (κ2) is 8.23. The molecule has 0 aromatic rings. The first-order valence-corrected chi connectivity index (χ1v) is 5.32. The van der Waals surface area contributed by atoms with Crippen molar-refractivity contribution < 1.29 is 14.7 Å². The summed E-state index contributed by atoms with van der Waals surface area (Å²) >= 11 is 0. The van der Waals surface area contributed by atoms with E-state index in [9.17, 15) is 9.59 Å². The van der Waals surface area contributed by atoms with Gasteiger partial charge in [-0.1, -0.05) is 20.3 Å². The van der Waals surface area contributed by atoms with Crippen LogP contribution in [-0.2, 0) is 9.59 Å². The Morgan fingerprint density at radius 2 is 1.93 bits per heavy atom. The molecule has 0 saturated heterocycles. The lowest BCUT2D eigenvalue weighted by molar-refractivity contribution is -0.137. The molecule has 0 aromatic heterocycles. The van der Waals surface area contributed by atoms with Crippen LogP contribution in [0, 0.1) is 0 Å². The number of carboxylic acids is 1. The van der Waals surface area contributed by atoms with Gasteiger partial charge in [0, 0.05) is 6.04 Å². The van der Waals surface area contributed by atoms with E-state index in [-0.39, 0.29) is 19.0 Å². The zero-order valence-corrected chi connectivity index (χ0v) is 9.38. The van der Waals surface area contributed by atoms with Crippen molar-refractivity contribution >= 4 is 11.9 Å². The molecule has 0 saturated carbocycles. The van der Waals surface area contributed by atoms with Gasteiger partial charge < -0.3 is 15.7 Å². The molecule has 0 fully saturated rings. The third-order valence-corrected chi connectivity index (χ3v) is 2.12. The third-order valence-electron chi connectivity index (χ3n) is 2.12. The number of hydrogen-bond acceptors (Lipinski definition) is 3. The first-order chi connectivity index (χ1) is 7.10. The molecule has 0 aliphatic rings. The molecule has 1 unspecified atom stereocenters. The molecule has 0 aliphatic carbocycles. The molecule has 0 aromatic carbocycles. The van der Waals surface area contributed by atoms with Gasteiger partial charge in [0.15, 0.2) is 0 Å². The molecule has 0 spiro atoms. The van der Waals surface area contributed by atoms with E-state index in [0.717, 1.165) is 19.3 Å². The van der Waals surface area contributed by atoms with Gasteiger partial charge in [0.05, 0.1) is 6.54 Å². The number of nitrogens with one attached hydrogen (secondary N) is 2. The van der Waals surface area contributed by atoms with Gasteiger partial charge in [0.1, 0.15) is 6.54 Å². The average molecular weight is 216 g/mol. The van der Waals surface area contributed by atoms with Crippen molar-refractivity contribution in [2.24, 2.45) is 0 Å². The van der Waals surface area contributed by atoms with Crippen LogP contribution >= 0.6 is 0 Å². The fraction of sp³-hybridized carbons (Fsp3) is 0.800. The fourth-order valence-corrected chi connectivity index (χ4v) is 1.27. The summed E-state index contributed by atoms with van der Waals surface area (Å²) in [5.74, 6) is -1.30. The van der Waals surface area contributed by atoms with Gasteiger partial charge >= 0.3 is 5.97 Å². The lowest BCUT2D eigenvalue weighted by atomic mass is 10.1. The Labute approximate surface area is 90.2 Å². The summed E-state index contributed by atoms with van der Waals surface area (Å²) in [6.07, 6.45) is 3.07. The maximum Gasteiger partial charge on any atom is 0.322 e. The summed E-state index contributed by atoms with van der Waals surface area (Å²) in [7, 11) is 0. The van der Waals surface area contributed by atoms with E-state index in [1.807, 2.05) is 0 Å². The van der Waals surface area contributed by atoms with Crippen molar-refractivity contribution in [2.45, 2.75) is 39.2 Å². The fourth-order valence-electron chi connectivity index (χ4n) is 1.27. The van der Waals surface area contributed by atoms with Crippen LogP contribution in [0.3, 0.4) is 0 Å². The monoisotopic (exact) mass is 216 g/mol. The van der Waals surface area contributed by atoms with Gasteiger partial charge in [0.2, 0.25) is 5.91 Å². The molecule has 5 nitrogen and oxygen atoms in total.